The van der Waals surface area contributed by atoms with Crippen LogP contribution in [0.3, 0.4) is 0 Å². The molecule has 3 heterocycles. The van der Waals surface area contributed by atoms with Crippen molar-refractivity contribution in [1.82, 2.24) is 25.3 Å². The molecule has 0 radical (unpaired) electrons. The van der Waals surface area contributed by atoms with Gasteiger partial charge in [0.15, 0.2) is 10.8 Å². The molecule has 1 aromatic carbocycles. The van der Waals surface area contributed by atoms with E-state index in [1.807, 2.05) is 10.1 Å². The maximum absolute atomic E-state index is 12.5. The van der Waals surface area contributed by atoms with E-state index in [0.29, 0.717) is 16.9 Å². The summed E-state index contributed by atoms with van der Waals surface area (Å²) < 4.78 is 1.81. The number of hydrogen-bond donors (Lipinski definition) is 2. The van der Waals surface area contributed by atoms with Crippen LogP contribution in [0.15, 0.2) is 29.8 Å². The van der Waals surface area contributed by atoms with Gasteiger partial charge in [0.2, 0.25) is 0 Å². The second-order valence-corrected chi connectivity index (χ2v) is 8.25. The van der Waals surface area contributed by atoms with E-state index in [0.717, 1.165) is 43.6 Å². The number of aromatic nitrogens is 4. The molecule has 0 atom stereocenters. The van der Waals surface area contributed by atoms with Gasteiger partial charge in [-0.2, -0.15) is 0 Å². The minimum atomic E-state index is -0.268. The molecule has 2 N–H and O–H groups in total. The van der Waals surface area contributed by atoms with Gasteiger partial charge in [-0.15, -0.1) is 16.4 Å². The number of piperidine rings is 1. The van der Waals surface area contributed by atoms with Crippen molar-refractivity contribution in [3.05, 3.63) is 46.6 Å². The van der Waals surface area contributed by atoms with Gasteiger partial charge in [0.1, 0.15) is 0 Å². The molecule has 1 amide bonds. The second-order valence-electron chi connectivity index (χ2n) is 7.39. The maximum Gasteiger partial charge on any atom is 0.279 e. The van der Waals surface area contributed by atoms with E-state index in [1.165, 1.54) is 35.3 Å². The highest BCUT2D eigenvalue weighted by Crippen LogP contribution is 2.30. The first-order valence-electron chi connectivity index (χ1n) is 9.78. The molecule has 1 saturated heterocycles. The molecule has 7 nitrogen and oxygen atoms in total. The van der Waals surface area contributed by atoms with Crippen molar-refractivity contribution in [2.24, 2.45) is 0 Å². The molecule has 1 fully saturated rings. The predicted octanol–water partition coefficient (Wildman–Crippen LogP) is 3.07. The quantitative estimate of drug-likeness (QED) is 0.710. The van der Waals surface area contributed by atoms with Crippen LogP contribution in [0.4, 0.5) is 5.13 Å². The molecule has 144 valence electrons. The van der Waals surface area contributed by atoms with Crippen molar-refractivity contribution < 1.29 is 4.79 Å². The van der Waals surface area contributed by atoms with Gasteiger partial charge < -0.3 is 5.32 Å². The molecule has 2 aromatic heterocycles. The monoisotopic (exact) mass is 394 g/mol. The van der Waals surface area contributed by atoms with E-state index in [1.54, 1.807) is 6.20 Å². The highest BCUT2D eigenvalue weighted by Gasteiger charge is 2.19. The molecule has 1 aliphatic carbocycles. The number of rotatable bonds is 4. The van der Waals surface area contributed by atoms with Crippen molar-refractivity contribution in [2.75, 3.05) is 18.4 Å². The van der Waals surface area contributed by atoms with Crippen molar-refractivity contribution in [3.63, 3.8) is 0 Å². The molecule has 8 heteroatoms. The SMILES string of the molecule is O=C(Nc1nc(-c2ccc3c(c2)CCC3)cs1)c1cn(C2CCNCC2)nn1. The molecule has 0 spiro atoms. The highest BCUT2D eigenvalue weighted by atomic mass is 32.1. The number of nitrogens with zero attached hydrogens (tertiary/aromatic N) is 4. The molecule has 0 saturated carbocycles. The fourth-order valence-electron chi connectivity index (χ4n) is 3.99. The van der Waals surface area contributed by atoms with Crippen molar-refractivity contribution >= 4 is 22.4 Å². The fraction of sp³-hybridized carbons (Fsp3) is 0.400. The Kier molecular flexibility index (Phi) is 4.66. The fourth-order valence-corrected chi connectivity index (χ4v) is 4.70. The summed E-state index contributed by atoms with van der Waals surface area (Å²) in [5.41, 5.74) is 5.20. The molecule has 28 heavy (non-hydrogen) atoms. The van der Waals surface area contributed by atoms with Gasteiger partial charge in [-0.3, -0.25) is 10.1 Å². The summed E-state index contributed by atoms with van der Waals surface area (Å²) in [6.45, 7) is 1.94. The molecule has 0 unspecified atom stereocenters. The Hall–Kier alpha value is -2.58. The standard InChI is InChI=1S/C20H22N6OS/c27-19(17-11-26(25-24-17)16-6-8-21-9-7-16)23-20-22-18(12-28-20)15-5-4-13-2-1-3-14(13)10-15/h4-5,10-12,16,21H,1-3,6-9H2,(H,22,23,27). The van der Waals surface area contributed by atoms with E-state index < -0.39 is 0 Å². The van der Waals surface area contributed by atoms with Crippen molar-refractivity contribution in [1.29, 1.82) is 0 Å². The highest BCUT2D eigenvalue weighted by molar-refractivity contribution is 7.14. The summed E-state index contributed by atoms with van der Waals surface area (Å²) in [5, 5.41) is 16.9. The Labute approximate surface area is 167 Å². The summed E-state index contributed by atoms with van der Waals surface area (Å²) in [4.78, 5) is 17.1. The van der Waals surface area contributed by atoms with E-state index in [2.05, 4.69) is 44.1 Å². The Morgan fingerprint density at radius 3 is 2.96 bits per heavy atom. The molecule has 5 rings (SSSR count). The molecular formula is C20H22N6OS. The van der Waals surface area contributed by atoms with Crippen LogP contribution in [0.1, 0.15) is 46.9 Å². The second kappa shape index (κ2) is 7.44. The maximum atomic E-state index is 12.5. The van der Waals surface area contributed by atoms with Crippen LogP contribution in [-0.4, -0.2) is 39.0 Å². The van der Waals surface area contributed by atoms with Crippen LogP contribution >= 0.6 is 11.3 Å². The minimum absolute atomic E-state index is 0.268. The lowest BCUT2D eigenvalue weighted by Gasteiger charge is -2.21. The Bertz CT molecular complexity index is 1000. The first-order chi connectivity index (χ1) is 13.8. The third kappa shape index (κ3) is 3.45. The Morgan fingerprint density at radius 1 is 1.21 bits per heavy atom. The number of nitrogens with one attached hydrogen (secondary N) is 2. The van der Waals surface area contributed by atoms with Crippen LogP contribution in [-0.2, 0) is 12.8 Å². The van der Waals surface area contributed by atoms with Gasteiger partial charge in [0, 0.05) is 10.9 Å². The van der Waals surface area contributed by atoms with E-state index in [4.69, 9.17) is 0 Å². The lowest BCUT2D eigenvalue weighted by Crippen LogP contribution is -2.29. The minimum Gasteiger partial charge on any atom is -0.317 e. The third-order valence-corrected chi connectivity index (χ3v) is 6.30. The van der Waals surface area contributed by atoms with Crippen molar-refractivity contribution in [2.45, 2.75) is 38.1 Å². The van der Waals surface area contributed by atoms with Crippen LogP contribution in [0.2, 0.25) is 0 Å². The summed E-state index contributed by atoms with van der Waals surface area (Å²) >= 11 is 1.43. The summed E-state index contributed by atoms with van der Waals surface area (Å²) in [7, 11) is 0. The lowest BCUT2D eigenvalue weighted by molar-refractivity contribution is 0.102. The van der Waals surface area contributed by atoms with Crippen LogP contribution < -0.4 is 10.6 Å². The van der Waals surface area contributed by atoms with Crippen LogP contribution in [0.5, 0.6) is 0 Å². The number of carbonyl (C=O) groups is 1. The zero-order chi connectivity index (χ0) is 18.9. The number of amides is 1. The number of aryl methyl sites for hydroxylation is 2. The number of fused-ring (bicyclic) bond motifs is 1. The third-order valence-electron chi connectivity index (χ3n) is 5.54. The Morgan fingerprint density at radius 2 is 2.07 bits per heavy atom. The predicted molar refractivity (Wildman–Crippen MR) is 109 cm³/mol. The summed E-state index contributed by atoms with van der Waals surface area (Å²) in [6.07, 6.45) is 7.28. The zero-order valence-electron chi connectivity index (χ0n) is 15.5. The van der Waals surface area contributed by atoms with Crippen molar-refractivity contribution in [3.8, 4) is 11.3 Å². The molecule has 1 aliphatic heterocycles. The van der Waals surface area contributed by atoms with E-state index in [-0.39, 0.29) is 5.91 Å². The number of carbonyl (C=O) groups excluding carboxylic acids is 1. The number of thiazole rings is 1. The first-order valence-corrected chi connectivity index (χ1v) is 10.7. The van der Waals surface area contributed by atoms with Crippen LogP contribution in [0.25, 0.3) is 11.3 Å². The van der Waals surface area contributed by atoms with Crippen LogP contribution in [0, 0.1) is 0 Å². The van der Waals surface area contributed by atoms with Gasteiger partial charge in [0.25, 0.3) is 5.91 Å². The summed E-state index contributed by atoms with van der Waals surface area (Å²) in [6, 6.07) is 6.86. The van der Waals surface area contributed by atoms with Gasteiger partial charge in [0.05, 0.1) is 17.9 Å². The Balaban J connectivity index is 1.28. The van der Waals surface area contributed by atoms with E-state index >= 15 is 0 Å². The average Bonchev–Trinajstić information content (AvgIpc) is 3.48. The largest absolute Gasteiger partial charge is 0.317 e. The smallest absolute Gasteiger partial charge is 0.279 e. The van der Waals surface area contributed by atoms with E-state index in [9.17, 15) is 4.79 Å². The molecule has 3 aromatic rings. The number of benzene rings is 1. The molecule has 2 aliphatic rings. The lowest BCUT2D eigenvalue weighted by atomic mass is 10.1. The van der Waals surface area contributed by atoms with Gasteiger partial charge >= 0.3 is 0 Å². The topological polar surface area (TPSA) is 84.7 Å². The zero-order valence-corrected chi connectivity index (χ0v) is 16.3. The average molecular weight is 395 g/mol. The van der Waals surface area contributed by atoms with Gasteiger partial charge in [-0.05, 0) is 62.4 Å². The molecular weight excluding hydrogens is 372 g/mol. The molecule has 0 bridgehead atoms. The number of hydrogen-bond acceptors (Lipinski definition) is 6. The normalized spacial score (nSPS) is 16.9. The van der Waals surface area contributed by atoms with Gasteiger partial charge in [-0.25, -0.2) is 9.67 Å². The van der Waals surface area contributed by atoms with Gasteiger partial charge in [-0.1, -0.05) is 17.3 Å². The first kappa shape index (κ1) is 17.5. The number of anilines is 1. The summed E-state index contributed by atoms with van der Waals surface area (Å²) in [5.74, 6) is -0.268.